The quantitative estimate of drug-likeness (QED) is 0.349. The molecule has 29 heavy (non-hydrogen) atoms. The van der Waals surface area contributed by atoms with Crippen LogP contribution in [0.25, 0.3) is 21.1 Å². The van der Waals surface area contributed by atoms with E-state index in [0.29, 0.717) is 0 Å². The van der Waals surface area contributed by atoms with Gasteiger partial charge in [-0.15, -0.1) is 21.5 Å². The molecule has 2 heterocycles. The molecule has 146 valence electrons. The van der Waals surface area contributed by atoms with Gasteiger partial charge in [0.25, 0.3) is 0 Å². The van der Waals surface area contributed by atoms with Crippen molar-refractivity contribution < 1.29 is 4.74 Å². The molecule has 4 aromatic rings. The van der Waals surface area contributed by atoms with Crippen LogP contribution in [0.3, 0.4) is 0 Å². The Morgan fingerprint density at radius 2 is 1.72 bits per heavy atom. The minimum atomic E-state index is 0.821. The lowest BCUT2D eigenvalue weighted by molar-refractivity contribution is 0.416. The number of thioether (sulfide) groups is 1. The molecule has 4 rings (SSSR count). The van der Waals surface area contributed by atoms with Gasteiger partial charge in [0.15, 0.2) is 0 Å². The predicted octanol–water partition coefficient (Wildman–Crippen LogP) is 6.18. The van der Waals surface area contributed by atoms with Crippen LogP contribution in [0.5, 0.6) is 5.75 Å². The van der Waals surface area contributed by atoms with Gasteiger partial charge < -0.3 is 4.74 Å². The second-order valence-corrected chi connectivity index (χ2v) is 8.60. The number of rotatable bonds is 6. The number of benzene rings is 2. The average molecular weight is 420 g/mol. The van der Waals surface area contributed by atoms with Crippen LogP contribution in [0.1, 0.15) is 16.8 Å². The Morgan fingerprint density at radius 1 is 0.931 bits per heavy atom. The molecule has 0 fully saturated rings. The maximum absolute atomic E-state index is 5.48. The van der Waals surface area contributed by atoms with Crippen LogP contribution in [-0.4, -0.2) is 22.3 Å². The zero-order chi connectivity index (χ0) is 20.2. The van der Waals surface area contributed by atoms with E-state index in [-0.39, 0.29) is 0 Å². The first-order valence-corrected chi connectivity index (χ1v) is 11.1. The van der Waals surface area contributed by atoms with Crippen molar-refractivity contribution in [1.82, 2.24) is 15.2 Å². The summed E-state index contributed by atoms with van der Waals surface area (Å²) in [7, 11) is 1.68. The summed E-state index contributed by atoms with van der Waals surface area (Å²) in [5, 5.41) is 10.7. The Bertz CT molecular complexity index is 1120. The van der Waals surface area contributed by atoms with Gasteiger partial charge in [-0.05, 0) is 49.2 Å². The first-order chi connectivity index (χ1) is 14.2. The minimum Gasteiger partial charge on any atom is -0.496 e. The van der Waals surface area contributed by atoms with Gasteiger partial charge in [0.2, 0.25) is 0 Å². The standard InChI is InChI=1S/C23H21N3OS2/c1-15-8-4-5-9-17(15)14-28-21-13-12-19(25-26-21)22-16(2)24-23(29-22)18-10-6-7-11-20(18)27-3/h4-13H,14H2,1-3H3. The molecule has 2 aromatic heterocycles. The van der Waals surface area contributed by atoms with Crippen LogP contribution in [0, 0.1) is 13.8 Å². The smallest absolute Gasteiger partial charge is 0.129 e. The molecule has 0 aliphatic carbocycles. The third-order valence-electron chi connectivity index (χ3n) is 4.64. The number of para-hydroxylation sites is 1. The molecular formula is C23H21N3OS2. The molecule has 0 amide bonds. The summed E-state index contributed by atoms with van der Waals surface area (Å²) in [6.45, 7) is 4.14. The van der Waals surface area contributed by atoms with E-state index < -0.39 is 0 Å². The van der Waals surface area contributed by atoms with Crippen LogP contribution in [0.2, 0.25) is 0 Å². The maximum Gasteiger partial charge on any atom is 0.129 e. The molecule has 0 saturated heterocycles. The van der Waals surface area contributed by atoms with Crippen molar-refractivity contribution in [3.05, 3.63) is 77.5 Å². The Kier molecular flexibility index (Phi) is 5.92. The molecule has 0 unspecified atom stereocenters. The van der Waals surface area contributed by atoms with Crippen LogP contribution in [-0.2, 0) is 5.75 Å². The number of ether oxygens (including phenoxy) is 1. The number of aromatic nitrogens is 3. The second kappa shape index (κ2) is 8.76. The molecule has 2 aromatic carbocycles. The Labute approximate surface area is 179 Å². The van der Waals surface area contributed by atoms with Crippen LogP contribution in [0.4, 0.5) is 0 Å². The highest BCUT2D eigenvalue weighted by molar-refractivity contribution is 7.98. The normalized spacial score (nSPS) is 10.9. The third kappa shape index (κ3) is 4.33. The third-order valence-corrected chi connectivity index (χ3v) is 6.83. The summed E-state index contributed by atoms with van der Waals surface area (Å²) < 4.78 is 5.48. The van der Waals surface area contributed by atoms with Gasteiger partial charge in [-0.2, -0.15) is 0 Å². The van der Waals surface area contributed by atoms with E-state index in [0.717, 1.165) is 43.4 Å². The number of thiazole rings is 1. The van der Waals surface area contributed by atoms with Crippen molar-refractivity contribution in [2.75, 3.05) is 7.11 Å². The highest BCUT2D eigenvalue weighted by Crippen LogP contribution is 2.38. The van der Waals surface area contributed by atoms with E-state index >= 15 is 0 Å². The number of hydrogen-bond donors (Lipinski definition) is 0. The molecule has 0 aliphatic heterocycles. The fourth-order valence-corrected chi connectivity index (χ4v) is 4.96. The lowest BCUT2D eigenvalue weighted by Crippen LogP contribution is -1.91. The maximum atomic E-state index is 5.48. The Balaban J connectivity index is 1.54. The largest absolute Gasteiger partial charge is 0.496 e. The molecule has 0 N–H and O–H groups in total. The van der Waals surface area contributed by atoms with Gasteiger partial charge in [0.1, 0.15) is 21.5 Å². The predicted molar refractivity (Wildman–Crippen MR) is 121 cm³/mol. The molecule has 0 saturated carbocycles. The van der Waals surface area contributed by atoms with Gasteiger partial charge in [0.05, 0.1) is 23.2 Å². The number of methoxy groups -OCH3 is 1. The Hall–Kier alpha value is -2.70. The highest BCUT2D eigenvalue weighted by Gasteiger charge is 2.15. The van der Waals surface area contributed by atoms with E-state index in [9.17, 15) is 0 Å². The van der Waals surface area contributed by atoms with Gasteiger partial charge >= 0.3 is 0 Å². The molecule has 0 spiro atoms. The number of hydrogen-bond acceptors (Lipinski definition) is 6. The minimum absolute atomic E-state index is 0.821. The van der Waals surface area contributed by atoms with Crippen LogP contribution in [0.15, 0.2) is 65.7 Å². The molecule has 0 aliphatic rings. The van der Waals surface area contributed by atoms with Gasteiger partial charge in [0, 0.05) is 5.75 Å². The van der Waals surface area contributed by atoms with Crippen molar-refractivity contribution in [1.29, 1.82) is 0 Å². The van der Waals surface area contributed by atoms with Crippen molar-refractivity contribution >= 4 is 23.1 Å². The lowest BCUT2D eigenvalue weighted by atomic mass is 10.1. The van der Waals surface area contributed by atoms with E-state index in [1.54, 1.807) is 30.2 Å². The van der Waals surface area contributed by atoms with Gasteiger partial charge in [-0.3, -0.25) is 0 Å². The first-order valence-electron chi connectivity index (χ1n) is 9.28. The van der Waals surface area contributed by atoms with Gasteiger partial charge in [-0.25, -0.2) is 4.98 Å². The van der Waals surface area contributed by atoms with E-state index in [4.69, 9.17) is 9.72 Å². The Morgan fingerprint density at radius 3 is 2.48 bits per heavy atom. The van der Waals surface area contributed by atoms with Crippen LogP contribution < -0.4 is 4.74 Å². The molecule has 4 nitrogen and oxygen atoms in total. The van der Waals surface area contributed by atoms with Gasteiger partial charge in [-0.1, -0.05) is 48.2 Å². The number of nitrogens with zero attached hydrogens (tertiary/aromatic N) is 3. The van der Waals surface area contributed by atoms with Crippen LogP contribution >= 0.6 is 23.1 Å². The fourth-order valence-electron chi connectivity index (χ4n) is 3.01. The summed E-state index contributed by atoms with van der Waals surface area (Å²) in [5.74, 6) is 1.71. The topological polar surface area (TPSA) is 47.9 Å². The SMILES string of the molecule is COc1ccccc1-c1nc(C)c(-c2ccc(SCc3ccccc3C)nn2)s1. The summed E-state index contributed by atoms with van der Waals surface area (Å²) in [5.41, 5.74) is 5.41. The fraction of sp³-hybridized carbons (Fsp3) is 0.174. The summed E-state index contributed by atoms with van der Waals surface area (Å²) in [6.07, 6.45) is 0. The second-order valence-electron chi connectivity index (χ2n) is 6.61. The molecule has 0 radical (unpaired) electrons. The molecular weight excluding hydrogens is 398 g/mol. The summed E-state index contributed by atoms with van der Waals surface area (Å²) >= 11 is 3.31. The van der Waals surface area contributed by atoms with Crippen molar-refractivity contribution in [3.8, 4) is 26.9 Å². The van der Waals surface area contributed by atoms with Crippen molar-refractivity contribution in [3.63, 3.8) is 0 Å². The monoisotopic (exact) mass is 419 g/mol. The lowest BCUT2D eigenvalue weighted by Gasteiger charge is -2.05. The number of aryl methyl sites for hydroxylation is 2. The zero-order valence-electron chi connectivity index (χ0n) is 16.5. The van der Waals surface area contributed by atoms with E-state index in [1.165, 1.54) is 11.1 Å². The van der Waals surface area contributed by atoms with E-state index in [2.05, 4.69) is 41.4 Å². The summed E-state index contributed by atoms with van der Waals surface area (Å²) in [4.78, 5) is 5.78. The summed E-state index contributed by atoms with van der Waals surface area (Å²) in [6, 6.07) is 20.4. The van der Waals surface area contributed by atoms with Crippen molar-refractivity contribution in [2.24, 2.45) is 0 Å². The molecule has 6 heteroatoms. The zero-order valence-corrected chi connectivity index (χ0v) is 18.2. The van der Waals surface area contributed by atoms with Crippen molar-refractivity contribution in [2.45, 2.75) is 24.6 Å². The highest BCUT2D eigenvalue weighted by atomic mass is 32.2. The van der Waals surface area contributed by atoms with E-state index in [1.807, 2.05) is 43.3 Å². The molecule has 0 atom stereocenters. The first kappa shape index (κ1) is 19.6. The average Bonchev–Trinajstić information content (AvgIpc) is 3.15. The molecule has 0 bridgehead atoms.